The molecule has 0 spiro atoms. The summed E-state index contributed by atoms with van der Waals surface area (Å²) >= 11 is 7.00. The first-order valence-corrected chi connectivity index (χ1v) is 10.6. The number of aryl methyl sites for hydroxylation is 1. The molecular weight excluding hydrogens is 384 g/mol. The second kappa shape index (κ2) is 10.2. The summed E-state index contributed by atoms with van der Waals surface area (Å²) in [7, 11) is 0. The lowest BCUT2D eigenvalue weighted by atomic mass is 10.0. The predicted molar refractivity (Wildman–Crippen MR) is 126 cm³/mol. The molecule has 1 N–H and O–H groups in total. The number of fused-ring (bicyclic) bond motifs is 1. The Morgan fingerprint density at radius 1 is 1.29 bits per heavy atom. The predicted octanol–water partition coefficient (Wildman–Crippen LogP) is 6.98. The normalized spacial score (nSPS) is 11.5. The van der Waals surface area contributed by atoms with Crippen molar-refractivity contribution >= 4 is 39.3 Å². The van der Waals surface area contributed by atoms with Crippen LogP contribution < -0.4 is 5.56 Å². The highest BCUT2D eigenvalue weighted by molar-refractivity contribution is 7.71. The lowest BCUT2D eigenvalue weighted by Gasteiger charge is -2.08. The van der Waals surface area contributed by atoms with Crippen molar-refractivity contribution < 1.29 is 0 Å². The van der Waals surface area contributed by atoms with E-state index in [-0.39, 0.29) is 5.56 Å². The molecule has 2 heterocycles. The van der Waals surface area contributed by atoms with E-state index in [2.05, 4.69) is 24.6 Å². The molecule has 0 bridgehead atoms. The third kappa shape index (κ3) is 4.32. The number of aromatic nitrogens is 2. The minimum Gasteiger partial charge on any atom is -0.323 e. The monoisotopic (exact) mass is 410 g/mol. The van der Waals surface area contributed by atoms with Gasteiger partial charge in [0.05, 0.1) is 11.1 Å². The molecule has 0 fully saturated rings. The highest BCUT2D eigenvalue weighted by atomic mass is 32.1. The second-order valence-electron chi connectivity index (χ2n) is 5.81. The first-order valence-electron chi connectivity index (χ1n) is 9.42. The Bertz CT molecular complexity index is 1130. The summed E-state index contributed by atoms with van der Waals surface area (Å²) in [6, 6.07) is 9.46. The van der Waals surface area contributed by atoms with Crippen LogP contribution in [0.4, 0.5) is 0 Å². The van der Waals surface area contributed by atoms with Crippen molar-refractivity contribution in [3.05, 3.63) is 86.8 Å². The summed E-state index contributed by atoms with van der Waals surface area (Å²) in [4.78, 5) is 18.4. The molecule has 28 heavy (non-hydrogen) atoms. The van der Waals surface area contributed by atoms with Gasteiger partial charge in [0, 0.05) is 10.4 Å². The number of aromatic amines is 1. The molecule has 0 atom stereocenters. The SMILES string of the molecule is C=C/C(=C\C=C/CC)c1c(C)sc2[nH]c(=S)n(-c3ccccc3)c(=O)c12.CC. The summed E-state index contributed by atoms with van der Waals surface area (Å²) in [5.41, 5.74) is 2.49. The van der Waals surface area contributed by atoms with Crippen molar-refractivity contribution in [1.82, 2.24) is 9.55 Å². The molecule has 0 saturated heterocycles. The maximum absolute atomic E-state index is 13.3. The third-order valence-corrected chi connectivity index (χ3v) is 5.40. The van der Waals surface area contributed by atoms with E-state index in [4.69, 9.17) is 12.2 Å². The van der Waals surface area contributed by atoms with Crippen molar-refractivity contribution in [3.8, 4) is 5.69 Å². The van der Waals surface area contributed by atoms with Gasteiger partial charge in [-0.1, -0.05) is 69.9 Å². The Labute approximate surface area is 175 Å². The maximum Gasteiger partial charge on any atom is 0.268 e. The zero-order valence-corrected chi connectivity index (χ0v) is 18.4. The first kappa shape index (κ1) is 21.8. The number of benzene rings is 1. The molecule has 0 unspecified atom stereocenters. The minimum atomic E-state index is -0.110. The summed E-state index contributed by atoms with van der Waals surface area (Å²) in [6.45, 7) is 12.0. The molecular formula is C23H26N2OS2. The standard InChI is InChI=1S/C21H20N2OS2.C2H6/c1-4-6-8-11-15(5-2)17-14(3)26-19-18(17)20(24)23(21(25)22-19)16-12-9-7-10-13-16;1-2/h5-13H,2,4H2,1,3H3,(H,22,25);1-2H3/b8-6-,15-11+;. The van der Waals surface area contributed by atoms with Crippen LogP contribution in [0.2, 0.25) is 0 Å². The average molecular weight is 411 g/mol. The maximum atomic E-state index is 13.3. The molecule has 0 radical (unpaired) electrons. The largest absolute Gasteiger partial charge is 0.323 e. The first-order chi connectivity index (χ1) is 13.6. The van der Waals surface area contributed by atoms with Crippen LogP contribution in [0.5, 0.6) is 0 Å². The topological polar surface area (TPSA) is 37.8 Å². The lowest BCUT2D eigenvalue weighted by Crippen LogP contribution is -2.20. The van der Waals surface area contributed by atoms with Gasteiger partial charge in [-0.2, -0.15) is 0 Å². The molecule has 0 aliphatic heterocycles. The van der Waals surface area contributed by atoms with Crippen LogP contribution in [-0.2, 0) is 0 Å². The van der Waals surface area contributed by atoms with E-state index < -0.39 is 0 Å². The van der Waals surface area contributed by atoms with E-state index in [1.54, 1.807) is 22.0 Å². The summed E-state index contributed by atoms with van der Waals surface area (Å²) in [5, 5.41) is 0.654. The van der Waals surface area contributed by atoms with Gasteiger partial charge in [0.1, 0.15) is 4.83 Å². The molecule has 0 aliphatic rings. The highest BCUT2D eigenvalue weighted by Gasteiger charge is 2.18. The van der Waals surface area contributed by atoms with Gasteiger partial charge in [0.25, 0.3) is 5.56 Å². The van der Waals surface area contributed by atoms with Crippen molar-refractivity contribution in [2.45, 2.75) is 34.1 Å². The minimum absolute atomic E-state index is 0.110. The number of nitrogens with one attached hydrogen (secondary N) is 1. The van der Waals surface area contributed by atoms with Crippen LogP contribution in [0, 0.1) is 11.7 Å². The number of rotatable bonds is 5. The molecule has 3 rings (SSSR count). The van der Waals surface area contributed by atoms with E-state index in [9.17, 15) is 4.79 Å². The number of thiophene rings is 1. The Hall–Kier alpha value is -2.50. The Morgan fingerprint density at radius 3 is 2.57 bits per heavy atom. The van der Waals surface area contributed by atoms with Crippen molar-refractivity contribution in [1.29, 1.82) is 0 Å². The fraction of sp³-hybridized carbons (Fsp3) is 0.217. The van der Waals surface area contributed by atoms with Gasteiger partial charge in [-0.05, 0) is 43.3 Å². The van der Waals surface area contributed by atoms with Crippen LogP contribution >= 0.6 is 23.6 Å². The summed E-state index contributed by atoms with van der Waals surface area (Å²) in [6.07, 6.45) is 8.82. The molecule has 0 aliphatic carbocycles. The highest BCUT2D eigenvalue weighted by Crippen LogP contribution is 2.33. The number of hydrogen-bond donors (Lipinski definition) is 1. The van der Waals surface area contributed by atoms with Gasteiger partial charge < -0.3 is 4.98 Å². The molecule has 0 saturated carbocycles. The van der Waals surface area contributed by atoms with Gasteiger partial charge in [-0.3, -0.25) is 9.36 Å². The van der Waals surface area contributed by atoms with Crippen molar-refractivity contribution in [2.24, 2.45) is 0 Å². The van der Waals surface area contributed by atoms with E-state index in [1.807, 2.05) is 63.3 Å². The Kier molecular flexibility index (Phi) is 7.91. The van der Waals surface area contributed by atoms with Crippen LogP contribution in [0.3, 0.4) is 0 Å². The van der Waals surface area contributed by atoms with Gasteiger partial charge in [-0.15, -0.1) is 11.3 Å². The number of hydrogen-bond acceptors (Lipinski definition) is 3. The van der Waals surface area contributed by atoms with E-state index >= 15 is 0 Å². The van der Waals surface area contributed by atoms with Crippen molar-refractivity contribution in [3.63, 3.8) is 0 Å². The Morgan fingerprint density at radius 2 is 1.96 bits per heavy atom. The average Bonchev–Trinajstić information content (AvgIpc) is 3.03. The van der Waals surface area contributed by atoms with Gasteiger partial charge in [0.15, 0.2) is 4.77 Å². The zero-order chi connectivity index (χ0) is 20.7. The number of nitrogens with zero attached hydrogens (tertiary/aromatic N) is 1. The van der Waals surface area contributed by atoms with E-state index in [1.165, 1.54) is 0 Å². The van der Waals surface area contributed by atoms with E-state index in [0.717, 1.165) is 33.0 Å². The van der Waals surface area contributed by atoms with Crippen LogP contribution in [0.15, 0.2) is 66.0 Å². The van der Waals surface area contributed by atoms with Crippen LogP contribution in [0.25, 0.3) is 21.5 Å². The molecule has 5 heteroatoms. The van der Waals surface area contributed by atoms with E-state index in [0.29, 0.717) is 10.2 Å². The van der Waals surface area contributed by atoms with Crippen molar-refractivity contribution in [2.75, 3.05) is 0 Å². The Balaban J connectivity index is 0.00000136. The molecule has 3 aromatic rings. The van der Waals surface area contributed by atoms with Crippen LogP contribution in [0.1, 0.15) is 37.6 Å². The number of allylic oxidation sites excluding steroid dienone is 5. The van der Waals surface area contributed by atoms with Gasteiger partial charge in [-0.25, -0.2) is 0 Å². The molecule has 1 aromatic carbocycles. The molecule has 146 valence electrons. The molecule has 3 nitrogen and oxygen atoms in total. The van der Waals surface area contributed by atoms with Crippen LogP contribution in [-0.4, -0.2) is 9.55 Å². The fourth-order valence-corrected chi connectivity index (χ4v) is 4.34. The molecule has 2 aromatic heterocycles. The molecule has 0 amide bonds. The summed E-state index contributed by atoms with van der Waals surface area (Å²) < 4.78 is 1.95. The quantitative estimate of drug-likeness (QED) is 0.364. The summed E-state index contributed by atoms with van der Waals surface area (Å²) in [5.74, 6) is 0. The van der Waals surface area contributed by atoms with Gasteiger partial charge >= 0.3 is 0 Å². The van der Waals surface area contributed by atoms with Gasteiger partial charge in [0.2, 0.25) is 0 Å². The fourth-order valence-electron chi connectivity index (χ4n) is 2.91. The third-order valence-electron chi connectivity index (χ3n) is 4.10. The number of para-hydroxylation sites is 1. The number of H-pyrrole nitrogens is 1. The zero-order valence-electron chi connectivity index (χ0n) is 16.8. The second-order valence-corrected chi connectivity index (χ2v) is 7.42. The smallest absolute Gasteiger partial charge is 0.268 e. The lowest BCUT2D eigenvalue weighted by molar-refractivity contribution is 0.943.